The largest absolute Gasteiger partial charge is 0.373 e. The van der Waals surface area contributed by atoms with Crippen LogP contribution in [0.25, 0.3) is 0 Å². The third kappa shape index (κ3) is 4.80. The van der Waals surface area contributed by atoms with Crippen LogP contribution in [0.4, 0.5) is 11.4 Å². The zero-order valence-electron chi connectivity index (χ0n) is 16.9. The Labute approximate surface area is 167 Å². The molecule has 28 heavy (non-hydrogen) atoms. The van der Waals surface area contributed by atoms with Crippen LogP contribution in [0, 0.1) is 0 Å². The number of aryl methyl sites for hydroxylation is 2. The summed E-state index contributed by atoms with van der Waals surface area (Å²) in [6.07, 6.45) is 6.93. The van der Waals surface area contributed by atoms with Gasteiger partial charge in [0.05, 0.1) is 12.1 Å². The van der Waals surface area contributed by atoms with E-state index in [1.165, 1.54) is 28.9 Å². The van der Waals surface area contributed by atoms with Crippen molar-refractivity contribution in [2.45, 2.75) is 64.8 Å². The van der Waals surface area contributed by atoms with Crippen molar-refractivity contribution < 1.29 is 9.59 Å². The second-order valence-corrected chi connectivity index (χ2v) is 7.54. The second-order valence-electron chi connectivity index (χ2n) is 7.54. The molecule has 2 amide bonds. The predicted octanol–water partition coefficient (Wildman–Crippen LogP) is 5.12. The van der Waals surface area contributed by atoms with Gasteiger partial charge in [-0.1, -0.05) is 51.0 Å². The molecule has 0 bridgehead atoms. The van der Waals surface area contributed by atoms with Crippen molar-refractivity contribution in [3.8, 4) is 0 Å². The summed E-state index contributed by atoms with van der Waals surface area (Å²) in [6.45, 7) is 4.35. The Morgan fingerprint density at radius 1 is 0.857 bits per heavy atom. The van der Waals surface area contributed by atoms with E-state index in [9.17, 15) is 9.59 Å². The lowest BCUT2D eigenvalue weighted by atomic mass is 10.1. The van der Waals surface area contributed by atoms with Crippen LogP contribution in [0.15, 0.2) is 48.5 Å². The minimum Gasteiger partial charge on any atom is -0.373 e. The summed E-state index contributed by atoms with van der Waals surface area (Å²) in [5, 5.41) is 3.23. The van der Waals surface area contributed by atoms with E-state index in [0.717, 1.165) is 31.4 Å². The van der Waals surface area contributed by atoms with Gasteiger partial charge < -0.3 is 5.32 Å². The molecule has 4 nitrogen and oxygen atoms in total. The highest BCUT2D eigenvalue weighted by molar-refractivity contribution is 6.23. The van der Waals surface area contributed by atoms with Crippen molar-refractivity contribution in [1.29, 1.82) is 0 Å². The van der Waals surface area contributed by atoms with Crippen molar-refractivity contribution >= 4 is 23.2 Å². The molecule has 2 aromatic carbocycles. The summed E-state index contributed by atoms with van der Waals surface area (Å²) in [6, 6.07) is 15.5. The molecule has 1 fully saturated rings. The number of nitrogens with one attached hydrogen (secondary N) is 1. The second kappa shape index (κ2) is 9.54. The quantitative estimate of drug-likeness (QED) is 0.617. The van der Waals surface area contributed by atoms with E-state index in [1.54, 1.807) is 0 Å². The van der Waals surface area contributed by atoms with Gasteiger partial charge in [-0.15, -0.1) is 0 Å². The van der Waals surface area contributed by atoms with E-state index in [0.29, 0.717) is 5.69 Å². The first kappa shape index (κ1) is 20.1. The summed E-state index contributed by atoms with van der Waals surface area (Å²) in [5.41, 5.74) is 4.08. The highest BCUT2D eigenvalue weighted by Crippen LogP contribution is 2.26. The number of unbranched alkanes of at least 4 members (excludes halogenated alkanes) is 2. The summed E-state index contributed by atoms with van der Waals surface area (Å²) in [5.74, 6) is -0.329. The Balaban J connectivity index is 1.64. The summed E-state index contributed by atoms with van der Waals surface area (Å²) in [4.78, 5) is 26.6. The normalized spacial score (nSPS) is 16.6. The van der Waals surface area contributed by atoms with Gasteiger partial charge in [-0.25, -0.2) is 4.90 Å². The zero-order valence-corrected chi connectivity index (χ0v) is 16.9. The van der Waals surface area contributed by atoms with Crippen molar-refractivity contribution in [1.82, 2.24) is 0 Å². The molecule has 4 heteroatoms. The Bertz CT molecular complexity index is 796. The van der Waals surface area contributed by atoms with Crippen molar-refractivity contribution in [2.24, 2.45) is 0 Å². The van der Waals surface area contributed by atoms with E-state index >= 15 is 0 Å². The fourth-order valence-corrected chi connectivity index (χ4v) is 3.56. The number of carbonyl (C=O) groups excluding carboxylic acids is 2. The summed E-state index contributed by atoms with van der Waals surface area (Å²) < 4.78 is 0. The Morgan fingerprint density at radius 2 is 1.39 bits per heavy atom. The molecule has 1 aliphatic heterocycles. The molecular weight excluding hydrogens is 348 g/mol. The van der Waals surface area contributed by atoms with E-state index in [-0.39, 0.29) is 18.2 Å². The smallest absolute Gasteiger partial charge is 0.256 e. The first-order valence-electron chi connectivity index (χ1n) is 10.4. The predicted molar refractivity (Wildman–Crippen MR) is 115 cm³/mol. The molecule has 1 atom stereocenters. The molecule has 0 radical (unpaired) electrons. The molecule has 0 saturated carbocycles. The molecule has 2 aromatic rings. The zero-order chi connectivity index (χ0) is 19.9. The van der Waals surface area contributed by atoms with Gasteiger partial charge in [0.15, 0.2) is 0 Å². The summed E-state index contributed by atoms with van der Waals surface area (Å²) >= 11 is 0. The van der Waals surface area contributed by atoms with Crippen LogP contribution in [0.2, 0.25) is 0 Å². The number of anilines is 2. The van der Waals surface area contributed by atoms with Crippen molar-refractivity contribution in [3.05, 3.63) is 59.7 Å². The van der Waals surface area contributed by atoms with Gasteiger partial charge >= 0.3 is 0 Å². The third-order valence-corrected chi connectivity index (χ3v) is 5.27. The molecule has 1 aliphatic rings. The SMILES string of the molecule is CCCCc1ccc(N[C@H]2CC(=O)N(c3ccc(CCCC)cc3)C2=O)cc1. The molecule has 148 valence electrons. The van der Waals surface area contributed by atoms with Crippen molar-refractivity contribution in [2.75, 3.05) is 10.2 Å². The number of benzene rings is 2. The number of hydrogen-bond acceptors (Lipinski definition) is 3. The Hall–Kier alpha value is -2.62. The minimum absolute atomic E-state index is 0.150. The van der Waals surface area contributed by atoms with Crippen LogP contribution in [0.5, 0.6) is 0 Å². The first-order valence-corrected chi connectivity index (χ1v) is 10.4. The van der Waals surface area contributed by atoms with Crippen molar-refractivity contribution in [3.63, 3.8) is 0 Å². The van der Waals surface area contributed by atoms with Crippen LogP contribution in [0.1, 0.15) is 57.1 Å². The van der Waals surface area contributed by atoms with Gasteiger partial charge in [0.25, 0.3) is 5.91 Å². The van der Waals surface area contributed by atoms with Crippen LogP contribution in [-0.4, -0.2) is 17.9 Å². The van der Waals surface area contributed by atoms with Gasteiger partial charge in [-0.05, 0) is 61.1 Å². The molecular formula is C24H30N2O2. The molecule has 3 rings (SSSR count). The number of hydrogen-bond donors (Lipinski definition) is 1. The van der Waals surface area contributed by atoms with E-state index < -0.39 is 6.04 Å². The number of amides is 2. The molecule has 0 spiro atoms. The fraction of sp³-hybridized carbons (Fsp3) is 0.417. The van der Waals surface area contributed by atoms with Crippen LogP contribution in [-0.2, 0) is 22.4 Å². The molecule has 1 N–H and O–H groups in total. The third-order valence-electron chi connectivity index (χ3n) is 5.27. The van der Waals surface area contributed by atoms with E-state index in [1.807, 2.05) is 36.4 Å². The van der Waals surface area contributed by atoms with E-state index in [2.05, 4.69) is 31.3 Å². The number of nitrogens with zero attached hydrogens (tertiary/aromatic N) is 1. The monoisotopic (exact) mass is 378 g/mol. The lowest BCUT2D eigenvalue weighted by Gasteiger charge is -2.17. The van der Waals surface area contributed by atoms with E-state index in [4.69, 9.17) is 0 Å². The van der Waals surface area contributed by atoms with Crippen LogP contribution < -0.4 is 10.2 Å². The first-order chi connectivity index (χ1) is 13.6. The highest BCUT2D eigenvalue weighted by Gasteiger charge is 2.39. The van der Waals surface area contributed by atoms with Gasteiger partial charge in [0.2, 0.25) is 5.91 Å². The van der Waals surface area contributed by atoms with Crippen LogP contribution in [0.3, 0.4) is 0 Å². The molecule has 0 aliphatic carbocycles. The minimum atomic E-state index is -0.506. The standard InChI is InChI=1S/C24H30N2O2/c1-3-5-7-18-9-13-20(14-10-18)25-22-17-23(27)26(24(22)28)21-15-11-19(12-16-21)8-6-4-2/h9-16,22,25H,3-8,17H2,1-2H3/t22-/m0/s1. The van der Waals surface area contributed by atoms with Crippen LogP contribution >= 0.6 is 0 Å². The van der Waals surface area contributed by atoms with Gasteiger partial charge in [-0.2, -0.15) is 0 Å². The average Bonchev–Trinajstić information content (AvgIpc) is 2.99. The Morgan fingerprint density at radius 3 is 1.93 bits per heavy atom. The highest BCUT2D eigenvalue weighted by atomic mass is 16.2. The Kier molecular flexibility index (Phi) is 6.85. The number of imide groups is 1. The topological polar surface area (TPSA) is 49.4 Å². The maximum absolute atomic E-state index is 12.8. The molecule has 0 unspecified atom stereocenters. The lowest BCUT2D eigenvalue weighted by molar-refractivity contribution is -0.121. The fourth-order valence-electron chi connectivity index (χ4n) is 3.56. The number of rotatable bonds is 9. The maximum Gasteiger partial charge on any atom is 0.256 e. The molecule has 1 saturated heterocycles. The maximum atomic E-state index is 12.8. The lowest BCUT2D eigenvalue weighted by Crippen LogP contribution is -2.34. The molecule has 1 heterocycles. The molecule has 0 aromatic heterocycles. The van der Waals surface area contributed by atoms with Gasteiger partial charge in [0, 0.05) is 5.69 Å². The van der Waals surface area contributed by atoms with Gasteiger partial charge in [-0.3, -0.25) is 9.59 Å². The van der Waals surface area contributed by atoms with Gasteiger partial charge in [0.1, 0.15) is 6.04 Å². The summed E-state index contributed by atoms with van der Waals surface area (Å²) in [7, 11) is 0. The average molecular weight is 379 g/mol. The number of carbonyl (C=O) groups is 2.